The van der Waals surface area contributed by atoms with Gasteiger partial charge in [-0.05, 0) is 13.0 Å². The Morgan fingerprint density at radius 2 is 2.20 bits per heavy atom. The average molecular weight is 224 g/mol. The second kappa shape index (κ2) is 4.86. The summed E-state index contributed by atoms with van der Waals surface area (Å²) in [4.78, 5) is 6.64. The van der Waals surface area contributed by atoms with Crippen molar-refractivity contribution in [1.82, 2.24) is 4.98 Å². The normalized spacial score (nSPS) is 18.9. The van der Waals surface area contributed by atoms with Crippen LogP contribution < -0.4 is 4.90 Å². The molecule has 82 valence electrons. The molecular formula is C11H16N2OS. The Hall–Kier alpha value is -0.740. The van der Waals surface area contributed by atoms with Crippen molar-refractivity contribution in [2.24, 2.45) is 0 Å². The first kappa shape index (κ1) is 10.8. The van der Waals surface area contributed by atoms with E-state index in [1.165, 1.54) is 0 Å². The van der Waals surface area contributed by atoms with Gasteiger partial charge in [0, 0.05) is 36.4 Å². The van der Waals surface area contributed by atoms with Gasteiger partial charge in [-0.1, -0.05) is 6.07 Å². The lowest BCUT2D eigenvalue weighted by atomic mass is 10.1. The van der Waals surface area contributed by atoms with E-state index in [1.807, 2.05) is 23.9 Å². The molecule has 0 saturated carbocycles. The molecule has 2 rings (SSSR count). The highest BCUT2D eigenvalue weighted by Gasteiger charge is 2.17. The van der Waals surface area contributed by atoms with Crippen LogP contribution in [0.2, 0.25) is 0 Å². The number of thioether (sulfide) groups is 1. The van der Waals surface area contributed by atoms with Crippen molar-refractivity contribution in [3.63, 3.8) is 0 Å². The highest BCUT2D eigenvalue weighted by atomic mass is 32.2. The van der Waals surface area contributed by atoms with Gasteiger partial charge >= 0.3 is 0 Å². The second-order valence-electron chi connectivity index (χ2n) is 3.69. The predicted octanol–water partition coefficient (Wildman–Crippen LogP) is 1.69. The third-order valence-corrected chi connectivity index (χ3v) is 3.52. The topological polar surface area (TPSA) is 36.4 Å². The fraction of sp³-hybridized carbons (Fsp3) is 0.545. The molecule has 3 nitrogen and oxygen atoms in total. The third-order valence-electron chi connectivity index (χ3n) is 2.58. The second-order valence-corrected chi connectivity index (χ2v) is 4.92. The largest absolute Gasteiger partial charge is 0.389 e. The molecule has 1 aliphatic rings. The zero-order valence-corrected chi connectivity index (χ0v) is 9.70. The minimum absolute atomic E-state index is 0.441. The maximum Gasteiger partial charge on any atom is 0.134 e. The van der Waals surface area contributed by atoms with Crippen molar-refractivity contribution < 1.29 is 5.11 Å². The molecule has 1 atom stereocenters. The van der Waals surface area contributed by atoms with Crippen LogP contribution in [0.5, 0.6) is 0 Å². The highest BCUT2D eigenvalue weighted by Crippen LogP contribution is 2.25. The molecule has 1 aromatic heterocycles. The Morgan fingerprint density at radius 1 is 1.47 bits per heavy atom. The van der Waals surface area contributed by atoms with Crippen LogP contribution in [-0.2, 0) is 0 Å². The number of anilines is 1. The minimum atomic E-state index is -0.441. The fourth-order valence-electron chi connectivity index (χ4n) is 1.77. The van der Waals surface area contributed by atoms with Crippen molar-refractivity contribution in [2.75, 3.05) is 29.5 Å². The van der Waals surface area contributed by atoms with Crippen LogP contribution in [0.25, 0.3) is 0 Å². The first-order valence-electron chi connectivity index (χ1n) is 5.24. The molecule has 0 amide bonds. The van der Waals surface area contributed by atoms with Crippen LogP contribution >= 0.6 is 11.8 Å². The molecule has 2 heterocycles. The van der Waals surface area contributed by atoms with E-state index in [4.69, 9.17) is 0 Å². The Bertz CT molecular complexity index is 324. The molecule has 0 spiro atoms. The summed E-state index contributed by atoms with van der Waals surface area (Å²) in [5.41, 5.74) is 0.935. The van der Waals surface area contributed by atoms with Crippen LogP contribution in [-0.4, -0.2) is 34.7 Å². The maximum absolute atomic E-state index is 9.66. The molecule has 1 aromatic rings. The van der Waals surface area contributed by atoms with Gasteiger partial charge in [0.1, 0.15) is 5.82 Å². The van der Waals surface area contributed by atoms with Gasteiger partial charge in [-0.15, -0.1) is 0 Å². The first-order chi connectivity index (χ1) is 7.29. The van der Waals surface area contributed by atoms with Gasteiger partial charge in [0.2, 0.25) is 0 Å². The predicted molar refractivity (Wildman–Crippen MR) is 64.4 cm³/mol. The van der Waals surface area contributed by atoms with Crippen LogP contribution in [0.4, 0.5) is 5.82 Å². The van der Waals surface area contributed by atoms with Crippen molar-refractivity contribution in [3.05, 3.63) is 23.9 Å². The molecule has 0 unspecified atom stereocenters. The van der Waals surface area contributed by atoms with Gasteiger partial charge in [0.15, 0.2) is 0 Å². The number of pyridine rings is 1. The maximum atomic E-state index is 9.66. The van der Waals surface area contributed by atoms with E-state index in [0.717, 1.165) is 36.0 Å². The lowest BCUT2D eigenvalue weighted by Crippen LogP contribution is -2.34. The number of rotatable bonds is 2. The SMILES string of the molecule is C[C@H](O)c1cccnc1N1CCSCC1. The van der Waals surface area contributed by atoms with Gasteiger partial charge in [-0.25, -0.2) is 4.98 Å². The van der Waals surface area contributed by atoms with Gasteiger partial charge in [0.25, 0.3) is 0 Å². The van der Waals surface area contributed by atoms with Gasteiger partial charge in [0.05, 0.1) is 6.10 Å². The van der Waals surface area contributed by atoms with Gasteiger partial charge < -0.3 is 10.0 Å². The Balaban J connectivity index is 2.25. The van der Waals surface area contributed by atoms with Crippen LogP contribution in [0.3, 0.4) is 0 Å². The fourth-order valence-corrected chi connectivity index (χ4v) is 2.68. The van der Waals surface area contributed by atoms with E-state index in [-0.39, 0.29) is 0 Å². The Labute approximate surface area is 94.5 Å². The lowest BCUT2D eigenvalue weighted by Gasteiger charge is -2.29. The summed E-state index contributed by atoms with van der Waals surface area (Å²) >= 11 is 1.98. The molecular weight excluding hydrogens is 208 g/mol. The Morgan fingerprint density at radius 3 is 2.87 bits per heavy atom. The van der Waals surface area contributed by atoms with E-state index in [1.54, 1.807) is 13.1 Å². The lowest BCUT2D eigenvalue weighted by molar-refractivity contribution is 0.199. The minimum Gasteiger partial charge on any atom is -0.389 e. The summed E-state index contributed by atoms with van der Waals surface area (Å²) in [6.07, 6.45) is 1.35. The first-order valence-corrected chi connectivity index (χ1v) is 6.40. The van der Waals surface area contributed by atoms with Crippen LogP contribution in [0, 0.1) is 0 Å². The third kappa shape index (κ3) is 2.44. The van der Waals surface area contributed by atoms with Gasteiger partial charge in [-0.3, -0.25) is 0 Å². The average Bonchev–Trinajstić information content (AvgIpc) is 2.30. The molecule has 1 N–H and O–H groups in total. The Kier molecular flexibility index (Phi) is 3.49. The van der Waals surface area contributed by atoms with Crippen molar-refractivity contribution >= 4 is 17.6 Å². The molecule has 15 heavy (non-hydrogen) atoms. The number of hydrogen-bond donors (Lipinski definition) is 1. The van der Waals surface area contributed by atoms with E-state index in [0.29, 0.717) is 0 Å². The number of aliphatic hydroxyl groups is 1. The number of aromatic nitrogens is 1. The van der Waals surface area contributed by atoms with Crippen LogP contribution in [0.15, 0.2) is 18.3 Å². The van der Waals surface area contributed by atoms with Crippen LogP contribution in [0.1, 0.15) is 18.6 Å². The van der Waals surface area contributed by atoms with Crippen molar-refractivity contribution in [3.8, 4) is 0 Å². The molecule has 1 fully saturated rings. The summed E-state index contributed by atoms with van der Waals surface area (Å²) in [7, 11) is 0. The van der Waals surface area contributed by atoms with E-state index in [9.17, 15) is 5.11 Å². The number of nitrogens with zero attached hydrogens (tertiary/aromatic N) is 2. The summed E-state index contributed by atoms with van der Waals surface area (Å²) in [6.45, 7) is 3.85. The van der Waals surface area contributed by atoms with Gasteiger partial charge in [-0.2, -0.15) is 11.8 Å². The quantitative estimate of drug-likeness (QED) is 0.829. The molecule has 4 heteroatoms. The molecule has 1 aliphatic heterocycles. The molecule has 0 radical (unpaired) electrons. The van der Waals surface area contributed by atoms with E-state index >= 15 is 0 Å². The zero-order valence-electron chi connectivity index (χ0n) is 8.89. The number of aliphatic hydroxyl groups excluding tert-OH is 1. The monoisotopic (exact) mass is 224 g/mol. The molecule has 1 saturated heterocycles. The van der Waals surface area contributed by atoms with E-state index in [2.05, 4.69) is 9.88 Å². The highest BCUT2D eigenvalue weighted by molar-refractivity contribution is 7.99. The zero-order chi connectivity index (χ0) is 10.7. The smallest absolute Gasteiger partial charge is 0.134 e. The standard InChI is InChI=1S/C11H16N2OS/c1-9(14)10-3-2-4-12-11(10)13-5-7-15-8-6-13/h2-4,9,14H,5-8H2,1H3/t9-/m0/s1. The number of hydrogen-bond acceptors (Lipinski definition) is 4. The molecule has 0 aromatic carbocycles. The molecule has 0 aliphatic carbocycles. The summed E-state index contributed by atoms with van der Waals surface area (Å²) in [5, 5.41) is 9.66. The van der Waals surface area contributed by atoms with Crippen molar-refractivity contribution in [2.45, 2.75) is 13.0 Å². The van der Waals surface area contributed by atoms with E-state index < -0.39 is 6.10 Å². The molecule has 0 bridgehead atoms. The summed E-state index contributed by atoms with van der Waals surface area (Å²) < 4.78 is 0. The summed E-state index contributed by atoms with van der Waals surface area (Å²) in [5.74, 6) is 3.25. The summed E-state index contributed by atoms with van der Waals surface area (Å²) in [6, 6.07) is 3.83. The van der Waals surface area contributed by atoms with Crippen molar-refractivity contribution in [1.29, 1.82) is 0 Å².